The van der Waals surface area contributed by atoms with Crippen LogP contribution < -0.4 is 5.32 Å². The van der Waals surface area contributed by atoms with E-state index in [1.54, 1.807) is 0 Å². The van der Waals surface area contributed by atoms with Gasteiger partial charge in [0.1, 0.15) is 0 Å². The average Bonchev–Trinajstić information content (AvgIpc) is 1.89. The van der Waals surface area contributed by atoms with E-state index in [1.165, 1.54) is 32.2 Å². The van der Waals surface area contributed by atoms with E-state index in [2.05, 4.69) is 18.7 Å². The molecule has 0 aliphatic carbocycles. The van der Waals surface area contributed by atoms with Crippen molar-refractivity contribution in [3.63, 3.8) is 0 Å². The normalized spacial score (nSPS) is 10.0. The molecule has 0 aromatic carbocycles. The van der Waals surface area contributed by atoms with Gasteiger partial charge >= 0.3 is 0 Å². The third-order valence-corrected chi connectivity index (χ3v) is 1.42. The van der Waals surface area contributed by atoms with Crippen LogP contribution in [0.25, 0.3) is 0 Å². The summed E-state index contributed by atoms with van der Waals surface area (Å²) in [4.78, 5) is 0. The molecule has 0 atom stereocenters. The van der Waals surface area contributed by atoms with Crippen LogP contribution in [0, 0.1) is 6.42 Å². The highest BCUT2D eigenvalue weighted by molar-refractivity contribution is 4.55. The Labute approximate surface area is 58.8 Å². The molecule has 0 amide bonds. The molecular weight excluding hydrogens is 110 g/mol. The number of rotatable bonds is 6. The van der Waals surface area contributed by atoms with Gasteiger partial charge in [0.05, 0.1) is 0 Å². The molecule has 0 unspecified atom stereocenters. The van der Waals surface area contributed by atoms with Crippen LogP contribution in [-0.2, 0) is 0 Å². The van der Waals surface area contributed by atoms with Crippen LogP contribution in [0.15, 0.2) is 0 Å². The van der Waals surface area contributed by atoms with Gasteiger partial charge in [-0.05, 0) is 26.4 Å². The molecule has 1 N–H and O–H groups in total. The second kappa shape index (κ2) is 7.96. The first-order chi connectivity index (χ1) is 4.41. The summed E-state index contributed by atoms with van der Waals surface area (Å²) in [5.41, 5.74) is 0. The summed E-state index contributed by atoms with van der Waals surface area (Å²) in [5.74, 6) is 0. The van der Waals surface area contributed by atoms with Crippen LogP contribution in [0.4, 0.5) is 0 Å². The van der Waals surface area contributed by atoms with Gasteiger partial charge in [0.2, 0.25) is 0 Å². The van der Waals surface area contributed by atoms with Crippen molar-refractivity contribution < 1.29 is 0 Å². The molecule has 1 heteroatoms. The van der Waals surface area contributed by atoms with E-state index in [0.29, 0.717) is 0 Å². The van der Waals surface area contributed by atoms with Gasteiger partial charge in [-0.3, -0.25) is 0 Å². The molecule has 0 spiro atoms. The fraction of sp³-hybridized carbons (Fsp3) is 0.875. The van der Waals surface area contributed by atoms with Crippen LogP contribution >= 0.6 is 0 Å². The zero-order valence-corrected chi connectivity index (χ0v) is 6.61. The lowest BCUT2D eigenvalue weighted by Crippen LogP contribution is -2.06. The highest BCUT2D eigenvalue weighted by atomic mass is 14.8. The molecule has 0 aliphatic heterocycles. The lowest BCUT2D eigenvalue weighted by molar-refractivity contribution is 0.639. The minimum Gasteiger partial charge on any atom is -0.320 e. The molecule has 0 heterocycles. The zero-order valence-electron chi connectivity index (χ0n) is 6.61. The van der Waals surface area contributed by atoms with Crippen LogP contribution in [0.3, 0.4) is 0 Å². The molecule has 0 saturated heterocycles. The molecule has 0 fully saturated rings. The van der Waals surface area contributed by atoms with Gasteiger partial charge in [-0.1, -0.05) is 26.2 Å². The van der Waals surface area contributed by atoms with Gasteiger partial charge in [0, 0.05) is 0 Å². The monoisotopic (exact) mass is 128 g/mol. The lowest BCUT2D eigenvalue weighted by atomic mass is 10.1. The molecule has 1 nitrogen and oxygen atoms in total. The third kappa shape index (κ3) is 7.96. The second-order valence-corrected chi connectivity index (χ2v) is 2.36. The first-order valence-corrected chi connectivity index (χ1v) is 3.84. The second-order valence-electron chi connectivity index (χ2n) is 2.36. The van der Waals surface area contributed by atoms with Gasteiger partial charge in [0.25, 0.3) is 0 Å². The molecule has 0 rings (SSSR count). The maximum atomic E-state index is 3.13. The first-order valence-electron chi connectivity index (χ1n) is 3.84. The zero-order chi connectivity index (χ0) is 6.95. The highest BCUT2D eigenvalue weighted by Crippen LogP contribution is 1.99. The van der Waals surface area contributed by atoms with Crippen molar-refractivity contribution in [1.29, 1.82) is 0 Å². The summed E-state index contributed by atoms with van der Waals surface area (Å²) in [6.45, 7) is 3.29. The van der Waals surface area contributed by atoms with Crippen molar-refractivity contribution in [2.24, 2.45) is 0 Å². The maximum absolute atomic E-state index is 3.13. The Bertz CT molecular complexity index is 37.8. The Morgan fingerprint density at radius 3 is 2.56 bits per heavy atom. The molecule has 0 aromatic heterocycles. The number of unbranched alkanes of at least 4 members (excludes halogenated alkanes) is 4. The SMILES string of the molecule is C[CH]CCCCCNC. The highest BCUT2D eigenvalue weighted by Gasteiger charge is 1.85. The molecule has 0 aromatic rings. The van der Waals surface area contributed by atoms with Crippen molar-refractivity contribution in [2.75, 3.05) is 13.6 Å². The minimum absolute atomic E-state index is 1.17. The van der Waals surface area contributed by atoms with Gasteiger partial charge in [-0.15, -0.1) is 0 Å². The van der Waals surface area contributed by atoms with E-state index in [9.17, 15) is 0 Å². The molecule has 9 heavy (non-hydrogen) atoms. The third-order valence-electron chi connectivity index (χ3n) is 1.42. The minimum atomic E-state index is 1.17. The van der Waals surface area contributed by atoms with Crippen LogP contribution in [0.5, 0.6) is 0 Å². The smallest absolute Gasteiger partial charge is 0.00519 e. The Balaban J connectivity index is 2.60. The number of hydrogen-bond acceptors (Lipinski definition) is 1. The van der Waals surface area contributed by atoms with Crippen LogP contribution in [0.1, 0.15) is 32.6 Å². The van der Waals surface area contributed by atoms with Crippen LogP contribution in [0.2, 0.25) is 0 Å². The van der Waals surface area contributed by atoms with E-state index < -0.39 is 0 Å². The maximum Gasteiger partial charge on any atom is -0.00519 e. The van der Waals surface area contributed by atoms with Gasteiger partial charge in [0.15, 0.2) is 0 Å². The summed E-state index contributed by atoms with van der Waals surface area (Å²) in [6.07, 6.45) is 7.57. The molecule has 0 saturated carbocycles. The molecular formula is C8H18N. The van der Waals surface area contributed by atoms with E-state index in [0.717, 1.165) is 0 Å². The van der Waals surface area contributed by atoms with E-state index in [1.807, 2.05) is 7.05 Å². The van der Waals surface area contributed by atoms with Crippen molar-refractivity contribution in [1.82, 2.24) is 5.32 Å². The Kier molecular flexibility index (Phi) is 7.92. The Morgan fingerprint density at radius 1 is 1.22 bits per heavy atom. The summed E-state index contributed by atoms with van der Waals surface area (Å²) >= 11 is 0. The quantitative estimate of drug-likeness (QED) is 0.539. The summed E-state index contributed by atoms with van der Waals surface area (Å²) in [6, 6.07) is 0. The van der Waals surface area contributed by atoms with E-state index >= 15 is 0 Å². The summed E-state index contributed by atoms with van der Waals surface area (Å²) in [7, 11) is 2.01. The first kappa shape index (κ1) is 8.96. The lowest BCUT2D eigenvalue weighted by Gasteiger charge is -1.97. The van der Waals surface area contributed by atoms with Crippen molar-refractivity contribution in [3.05, 3.63) is 6.42 Å². The largest absolute Gasteiger partial charge is 0.320 e. The van der Waals surface area contributed by atoms with Crippen molar-refractivity contribution in [2.45, 2.75) is 32.6 Å². The number of hydrogen-bond donors (Lipinski definition) is 1. The van der Waals surface area contributed by atoms with Crippen molar-refractivity contribution >= 4 is 0 Å². The topological polar surface area (TPSA) is 12.0 Å². The van der Waals surface area contributed by atoms with E-state index in [4.69, 9.17) is 0 Å². The van der Waals surface area contributed by atoms with E-state index in [-0.39, 0.29) is 0 Å². The van der Waals surface area contributed by atoms with Gasteiger partial charge < -0.3 is 5.32 Å². The van der Waals surface area contributed by atoms with Crippen LogP contribution in [-0.4, -0.2) is 13.6 Å². The number of nitrogens with one attached hydrogen (secondary N) is 1. The Morgan fingerprint density at radius 2 is 2.00 bits per heavy atom. The predicted octanol–water partition coefficient (Wildman–Crippen LogP) is 1.99. The van der Waals surface area contributed by atoms with Gasteiger partial charge in [-0.25, -0.2) is 0 Å². The standard InChI is InChI=1S/C8H18N/c1-3-4-5-6-7-8-9-2/h3,9H,4-8H2,1-2H3. The fourth-order valence-corrected chi connectivity index (χ4v) is 0.827. The predicted molar refractivity (Wildman–Crippen MR) is 42.4 cm³/mol. The fourth-order valence-electron chi connectivity index (χ4n) is 0.827. The molecule has 55 valence electrons. The Hall–Kier alpha value is -0.0400. The van der Waals surface area contributed by atoms with Crippen molar-refractivity contribution in [3.8, 4) is 0 Å². The summed E-state index contributed by atoms with van der Waals surface area (Å²) in [5, 5.41) is 3.13. The molecule has 0 aliphatic rings. The average molecular weight is 128 g/mol. The molecule has 1 radical (unpaired) electrons. The van der Waals surface area contributed by atoms with Gasteiger partial charge in [-0.2, -0.15) is 0 Å². The summed E-state index contributed by atoms with van der Waals surface area (Å²) < 4.78 is 0. The molecule has 0 bridgehead atoms.